The zero-order valence-electron chi connectivity index (χ0n) is 4.18. The molecule has 3 nitrogen and oxygen atoms in total. The lowest BCUT2D eigenvalue weighted by atomic mass is 10.7. The van der Waals surface area contributed by atoms with Crippen LogP contribution < -0.4 is 0 Å². The molecule has 0 saturated heterocycles. The van der Waals surface area contributed by atoms with E-state index in [1.54, 1.807) is 0 Å². The summed E-state index contributed by atoms with van der Waals surface area (Å²) < 4.78 is 4.71. The quantitative estimate of drug-likeness (QED) is 0.198. The van der Waals surface area contributed by atoms with Gasteiger partial charge in [0.1, 0.15) is 10.5 Å². The monoisotopic (exact) mass is 117 g/mol. The molecule has 0 aromatic heterocycles. The van der Waals surface area contributed by atoms with Gasteiger partial charge in [-0.25, -0.2) is 9.79 Å². The average Bonchev–Trinajstić information content (AvgIpc) is 1.69. The van der Waals surface area contributed by atoms with E-state index in [9.17, 15) is 4.79 Å². The Morgan fingerprint density at radius 3 is 3.00 bits per heavy atom. The van der Waals surface area contributed by atoms with Crippen LogP contribution in [0.4, 0.5) is 0 Å². The van der Waals surface area contributed by atoms with E-state index in [1.165, 1.54) is 6.08 Å². The number of aliphatic imine (C=N–C) groups is 1. The van der Waals surface area contributed by atoms with Gasteiger partial charge in [0.2, 0.25) is 6.08 Å². The Labute approximate surface area is 44.9 Å². The minimum atomic E-state index is 0.451. The van der Waals surface area contributed by atoms with Crippen molar-refractivity contribution in [3.8, 4) is 0 Å². The van der Waals surface area contributed by atoms with Crippen LogP contribution in [0.3, 0.4) is 0 Å². The first kappa shape index (κ1) is 6.56. The summed E-state index contributed by atoms with van der Waals surface area (Å²) in [5.41, 5.74) is 0. The molecule has 0 unspecified atom stereocenters. The Morgan fingerprint density at radius 1 is 1.86 bits per heavy atom. The van der Waals surface area contributed by atoms with Gasteiger partial charge in [0.15, 0.2) is 0 Å². The highest BCUT2D eigenvalue weighted by atomic mass is 28.2. The minimum Gasteiger partial charge on any atom is -0.426 e. The van der Waals surface area contributed by atoms with Gasteiger partial charge in [-0.2, -0.15) is 0 Å². The van der Waals surface area contributed by atoms with E-state index in [0.717, 1.165) is 0 Å². The molecular formula is C3H7NO2Si. The molecule has 0 aromatic carbocycles. The van der Waals surface area contributed by atoms with Crippen molar-refractivity contribution in [3.05, 3.63) is 0 Å². The van der Waals surface area contributed by atoms with Crippen LogP contribution in [0.1, 0.15) is 0 Å². The summed E-state index contributed by atoms with van der Waals surface area (Å²) in [5.74, 6) is 0. The maximum absolute atomic E-state index is 9.34. The van der Waals surface area contributed by atoms with Crippen LogP contribution in [0.5, 0.6) is 0 Å². The highest BCUT2D eigenvalue weighted by Crippen LogP contribution is 1.64. The third-order valence-corrected chi connectivity index (χ3v) is 0.880. The van der Waals surface area contributed by atoms with Gasteiger partial charge in [0.05, 0.1) is 13.2 Å². The molecule has 0 aliphatic heterocycles. The molecule has 0 bridgehead atoms. The molecule has 0 N–H and O–H groups in total. The van der Waals surface area contributed by atoms with E-state index in [4.69, 9.17) is 4.43 Å². The van der Waals surface area contributed by atoms with Crippen molar-refractivity contribution >= 4 is 16.6 Å². The Hall–Kier alpha value is -0.443. The smallest absolute Gasteiger partial charge is 0.235 e. The van der Waals surface area contributed by atoms with E-state index >= 15 is 0 Å². The summed E-state index contributed by atoms with van der Waals surface area (Å²) >= 11 is 0. The van der Waals surface area contributed by atoms with Crippen LogP contribution in [0.2, 0.25) is 0 Å². The summed E-state index contributed by atoms with van der Waals surface area (Å²) in [5, 5.41) is 0. The zero-order chi connectivity index (χ0) is 5.54. The third kappa shape index (κ3) is 5.56. The van der Waals surface area contributed by atoms with Crippen LogP contribution in [0.25, 0.3) is 0 Å². The van der Waals surface area contributed by atoms with Crippen LogP contribution in [0, 0.1) is 0 Å². The van der Waals surface area contributed by atoms with Gasteiger partial charge in [-0.05, 0) is 0 Å². The SMILES string of the molecule is O=C=NCCO[SiH3]. The maximum atomic E-state index is 9.34. The van der Waals surface area contributed by atoms with Gasteiger partial charge in [-0.1, -0.05) is 0 Å². The molecule has 0 rings (SSSR count). The highest BCUT2D eigenvalue weighted by molar-refractivity contribution is 5.97. The summed E-state index contributed by atoms with van der Waals surface area (Å²) in [6.07, 6.45) is 1.41. The molecule has 0 saturated carbocycles. The second-order valence-corrected chi connectivity index (χ2v) is 1.54. The predicted octanol–water partition coefficient (Wildman–Crippen LogP) is -1.38. The van der Waals surface area contributed by atoms with Crippen molar-refractivity contribution in [3.63, 3.8) is 0 Å². The van der Waals surface area contributed by atoms with E-state index in [1.807, 2.05) is 0 Å². The van der Waals surface area contributed by atoms with Crippen molar-refractivity contribution in [2.45, 2.75) is 0 Å². The topological polar surface area (TPSA) is 38.7 Å². The molecule has 0 spiro atoms. The maximum Gasteiger partial charge on any atom is 0.235 e. The molecular weight excluding hydrogens is 110 g/mol. The van der Waals surface area contributed by atoms with Gasteiger partial charge in [-0.15, -0.1) is 0 Å². The first-order valence-electron chi connectivity index (χ1n) is 1.94. The Bertz CT molecular complexity index is 79.0. The first-order valence-corrected chi connectivity index (χ1v) is 2.76. The van der Waals surface area contributed by atoms with Crippen LogP contribution >= 0.6 is 0 Å². The second-order valence-electron chi connectivity index (χ2n) is 0.966. The zero-order valence-corrected chi connectivity index (χ0v) is 6.18. The lowest BCUT2D eigenvalue weighted by molar-refractivity contribution is 0.361. The fourth-order valence-corrected chi connectivity index (χ4v) is 0.365. The Kier molecular flexibility index (Phi) is 5.21. The largest absolute Gasteiger partial charge is 0.426 e. The standard InChI is InChI=1S/C3H7NO2Si/c5-3-4-1-2-6-7/h1-2H2,7H3. The summed E-state index contributed by atoms with van der Waals surface area (Å²) in [6, 6.07) is 0. The Balaban J connectivity index is 2.83. The van der Waals surface area contributed by atoms with Gasteiger partial charge < -0.3 is 4.43 Å². The molecule has 0 aliphatic carbocycles. The summed E-state index contributed by atoms with van der Waals surface area (Å²) in [6.45, 7) is 1.01. The Morgan fingerprint density at radius 2 is 2.57 bits per heavy atom. The van der Waals surface area contributed by atoms with Crippen molar-refractivity contribution in [2.24, 2.45) is 4.99 Å². The number of carbonyl (C=O) groups excluding carboxylic acids is 1. The van der Waals surface area contributed by atoms with E-state index in [-0.39, 0.29) is 0 Å². The molecule has 4 heteroatoms. The van der Waals surface area contributed by atoms with Crippen molar-refractivity contribution in [1.29, 1.82) is 0 Å². The predicted molar refractivity (Wildman–Crippen MR) is 28.9 cm³/mol. The van der Waals surface area contributed by atoms with Crippen molar-refractivity contribution in [2.75, 3.05) is 13.2 Å². The summed E-state index contributed by atoms with van der Waals surface area (Å²) in [4.78, 5) is 12.6. The van der Waals surface area contributed by atoms with Crippen molar-refractivity contribution < 1.29 is 9.22 Å². The molecule has 0 heterocycles. The van der Waals surface area contributed by atoms with Gasteiger partial charge in [0, 0.05) is 0 Å². The lowest BCUT2D eigenvalue weighted by Gasteiger charge is -1.85. The second kappa shape index (κ2) is 5.56. The highest BCUT2D eigenvalue weighted by Gasteiger charge is 1.73. The van der Waals surface area contributed by atoms with Crippen LogP contribution in [-0.2, 0) is 9.22 Å². The normalized spacial score (nSPS) is 8.00. The van der Waals surface area contributed by atoms with Crippen molar-refractivity contribution in [1.82, 2.24) is 0 Å². The van der Waals surface area contributed by atoms with E-state index in [0.29, 0.717) is 23.6 Å². The van der Waals surface area contributed by atoms with Gasteiger partial charge in [-0.3, -0.25) is 0 Å². The molecule has 7 heavy (non-hydrogen) atoms. The average molecular weight is 117 g/mol. The van der Waals surface area contributed by atoms with Crippen LogP contribution in [-0.4, -0.2) is 29.7 Å². The number of hydrogen-bond donors (Lipinski definition) is 0. The first-order chi connectivity index (χ1) is 3.41. The van der Waals surface area contributed by atoms with E-state index < -0.39 is 0 Å². The van der Waals surface area contributed by atoms with Gasteiger partial charge in [0.25, 0.3) is 0 Å². The summed E-state index contributed by atoms with van der Waals surface area (Å²) in [7, 11) is 0.716. The number of rotatable bonds is 3. The fraction of sp³-hybridized carbons (Fsp3) is 0.667. The number of nitrogens with zero attached hydrogens (tertiary/aromatic N) is 1. The number of hydrogen-bond acceptors (Lipinski definition) is 3. The molecule has 0 atom stereocenters. The molecule has 0 aromatic rings. The lowest BCUT2D eigenvalue weighted by Crippen LogP contribution is -1.92. The fourth-order valence-electron chi connectivity index (χ4n) is 0.183. The minimum absolute atomic E-state index is 0.451. The van der Waals surface area contributed by atoms with Gasteiger partial charge >= 0.3 is 0 Å². The molecule has 0 amide bonds. The third-order valence-electron chi connectivity index (χ3n) is 0.472. The van der Waals surface area contributed by atoms with E-state index in [2.05, 4.69) is 4.99 Å². The number of isocyanates is 1. The van der Waals surface area contributed by atoms with Crippen LogP contribution in [0.15, 0.2) is 4.99 Å². The molecule has 0 fully saturated rings. The molecule has 40 valence electrons. The molecule has 0 aliphatic rings. The molecule has 0 radical (unpaired) electrons.